The third-order valence-corrected chi connectivity index (χ3v) is 6.50. The van der Waals surface area contributed by atoms with Crippen LogP contribution < -0.4 is 14.9 Å². The number of imidazole rings is 1. The number of benzene rings is 3. The number of carbonyl (C=O) groups excluding carboxylic acids is 1. The second kappa shape index (κ2) is 9.67. The van der Waals surface area contributed by atoms with E-state index >= 15 is 0 Å². The Kier molecular flexibility index (Phi) is 6.65. The smallest absolute Gasteiger partial charge is 0.338 e. The molecule has 0 spiro atoms. The molecule has 0 atom stereocenters. The summed E-state index contributed by atoms with van der Waals surface area (Å²) in [7, 11) is 0.0881. The summed E-state index contributed by atoms with van der Waals surface area (Å²) in [5, 5.41) is 3.20. The first-order valence-electron chi connectivity index (χ1n) is 11.0. The summed E-state index contributed by atoms with van der Waals surface area (Å²) in [5.74, 6) is 0.0427. The van der Waals surface area contributed by atoms with Crippen LogP contribution in [0.25, 0.3) is 11.0 Å². The molecule has 0 unspecified atom stereocenters. The van der Waals surface area contributed by atoms with Crippen molar-refractivity contribution in [2.75, 3.05) is 29.0 Å². The molecule has 0 aliphatic rings. The van der Waals surface area contributed by atoms with Crippen LogP contribution in [-0.4, -0.2) is 44.6 Å². The zero-order valence-electron chi connectivity index (χ0n) is 19.9. The minimum absolute atomic E-state index is 0.0822. The van der Waals surface area contributed by atoms with E-state index < -0.39 is 16.0 Å². The zero-order valence-corrected chi connectivity index (χ0v) is 20.7. The highest BCUT2D eigenvalue weighted by molar-refractivity contribution is 7.92. The molecule has 4 aromatic rings. The number of hydrogen-bond donors (Lipinski definition) is 3. The maximum absolute atomic E-state index is 12.9. The number of rotatable bonds is 8. The number of hydrogen-bond acceptors (Lipinski definition) is 7. The molecule has 35 heavy (non-hydrogen) atoms. The molecule has 4 rings (SSSR count). The molecular formula is C25H27N5O4S. The van der Waals surface area contributed by atoms with Crippen molar-refractivity contribution in [1.29, 1.82) is 0 Å². The maximum Gasteiger partial charge on any atom is 0.338 e. The minimum atomic E-state index is -3.86. The lowest BCUT2D eigenvalue weighted by Gasteiger charge is -2.12. The normalized spacial score (nSPS) is 11.5. The standard InChI is InChI=1S/C25H27N5O4S/c1-16(2)34-24(31)17-5-7-19(8-6-17)29-35(32,33)21-13-14-22-23(15-21)28-25(27-22)26-18-9-11-20(12-10-18)30(3)4/h5-16,29H,1-4H3,(H2,26,27,28). The zero-order chi connectivity index (χ0) is 25.2. The van der Waals surface area contributed by atoms with Gasteiger partial charge in [0.15, 0.2) is 0 Å². The fourth-order valence-electron chi connectivity index (χ4n) is 3.37. The average molecular weight is 494 g/mol. The Labute approximate surface area is 204 Å². The molecule has 0 aliphatic heterocycles. The van der Waals surface area contributed by atoms with E-state index in [2.05, 4.69) is 20.0 Å². The van der Waals surface area contributed by atoms with E-state index in [1.165, 1.54) is 36.4 Å². The van der Waals surface area contributed by atoms with Crippen molar-refractivity contribution < 1.29 is 17.9 Å². The van der Waals surface area contributed by atoms with Gasteiger partial charge in [-0.3, -0.25) is 4.72 Å². The molecule has 0 radical (unpaired) electrons. The number of ether oxygens (including phenoxy) is 1. The lowest BCUT2D eigenvalue weighted by Crippen LogP contribution is -2.14. The lowest BCUT2D eigenvalue weighted by atomic mass is 10.2. The van der Waals surface area contributed by atoms with Gasteiger partial charge in [-0.25, -0.2) is 18.2 Å². The molecule has 3 aromatic carbocycles. The fourth-order valence-corrected chi connectivity index (χ4v) is 4.45. The number of esters is 1. The van der Waals surface area contributed by atoms with Crippen molar-refractivity contribution in [3.8, 4) is 0 Å². The van der Waals surface area contributed by atoms with Crippen molar-refractivity contribution >= 4 is 50.0 Å². The average Bonchev–Trinajstić information content (AvgIpc) is 3.20. The third-order valence-electron chi connectivity index (χ3n) is 5.13. The number of H-pyrrole nitrogens is 1. The predicted octanol–water partition coefficient (Wildman–Crippen LogP) is 4.74. The van der Waals surface area contributed by atoms with Crippen LogP contribution in [0, 0.1) is 0 Å². The van der Waals surface area contributed by atoms with Crippen LogP contribution in [0.2, 0.25) is 0 Å². The molecular weight excluding hydrogens is 466 g/mol. The molecule has 0 fully saturated rings. The molecule has 9 nitrogen and oxygen atoms in total. The molecule has 1 aromatic heterocycles. The highest BCUT2D eigenvalue weighted by Gasteiger charge is 2.17. The second-order valence-electron chi connectivity index (χ2n) is 8.47. The number of nitrogens with zero attached hydrogens (tertiary/aromatic N) is 2. The Balaban J connectivity index is 1.49. The van der Waals surface area contributed by atoms with Gasteiger partial charge in [-0.1, -0.05) is 0 Å². The largest absolute Gasteiger partial charge is 0.459 e. The summed E-state index contributed by atoms with van der Waals surface area (Å²) < 4.78 is 33.6. The molecule has 0 aliphatic carbocycles. The van der Waals surface area contributed by atoms with Gasteiger partial charge >= 0.3 is 5.97 Å². The second-order valence-corrected chi connectivity index (χ2v) is 10.1. The van der Waals surface area contributed by atoms with Gasteiger partial charge in [0.1, 0.15) is 0 Å². The van der Waals surface area contributed by atoms with E-state index in [1.54, 1.807) is 19.9 Å². The molecule has 0 saturated carbocycles. The topological polar surface area (TPSA) is 116 Å². The van der Waals surface area contributed by atoms with Gasteiger partial charge < -0.3 is 19.9 Å². The molecule has 3 N–H and O–H groups in total. The fraction of sp³-hybridized carbons (Fsp3) is 0.200. The van der Waals surface area contributed by atoms with E-state index in [9.17, 15) is 13.2 Å². The Morgan fingerprint density at radius 2 is 1.63 bits per heavy atom. The number of aromatic nitrogens is 2. The third kappa shape index (κ3) is 5.72. The highest BCUT2D eigenvalue weighted by Crippen LogP contribution is 2.24. The summed E-state index contributed by atoms with van der Waals surface area (Å²) in [6.45, 7) is 3.52. The number of aromatic amines is 1. The Morgan fingerprint density at radius 1 is 0.971 bits per heavy atom. The summed E-state index contributed by atoms with van der Waals surface area (Å²) >= 11 is 0. The van der Waals surface area contributed by atoms with Crippen LogP contribution in [0.15, 0.2) is 71.6 Å². The first kappa shape index (κ1) is 24.1. The monoisotopic (exact) mass is 493 g/mol. The van der Waals surface area contributed by atoms with Crippen molar-refractivity contribution in [2.24, 2.45) is 0 Å². The van der Waals surface area contributed by atoms with Gasteiger partial charge in [-0.15, -0.1) is 0 Å². The van der Waals surface area contributed by atoms with E-state index in [-0.39, 0.29) is 11.0 Å². The predicted molar refractivity (Wildman–Crippen MR) is 138 cm³/mol. The van der Waals surface area contributed by atoms with Crippen molar-refractivity contribution in [1.82, 2.24) is 9.97 Å². The Hall–Kier alpha value is -4.05. The molecule has 0 saturated heterocycles. The number of carbonyl (C=O) groups is 1. The summed E-state index contributed by atoms with van der Waals surface area (Å²) in [5.41, 5.74) is 3.81. The van der Waals surface area contributed by atoms with Gasteiger partial charge in [-0.2, -0.15) is 0 Å². The van der Waals surface area contributed by atoms with Gasteiger partial charge in [0.25, 0.3) is 10.0 Å². The van der Waals surface area contributed by atoms with Crippen LogP contribution in [0.5, 0.6) is 0 Å². The van der Waals surface area contributed by atoms with E-state index in [0.717, 1.165) is 11.4 Å². The first-order chi connectivity index (χ1) is 16.6. The van der Waals surface area contributed by atoms with Crippen molar-refractivity contribution in [3.05, 3.63) is 72.3 Å². The van der Waals surface area contributed by atoms with Crippen LogP contribution in [-0.2, 0) is 14.8 Å². The van der Waals surface area contributed by atoms with E-state index in [0.29, 0.717) is 28.2 Å². The summed E-state index contributed by atoms with van der Waals surface area (Å²) in [4.78, 5) is 21.7. The van der Waals surface area contributed by atoms with Crippen LogP contribution in [0.4, 0.5) is 23.0 Å². The highest BCUT2D eigenvalue weighted by atomic mass is 32.2. The van der Waals surface area contributed by atoms with Gasteiger partial charge in [-0.05, 0) is 80.6 Å². The number of anilines is 4. The Morgan fingerprint density at radius 3 is 2.26 bits per heavy atom. The lowest BCUT2D eigenvalue weighted by molar-refractivity contribution is 0.0378. The van der Waals surface area contributed by atoms with Gasteiger partial charge in [0.2, 0.25) is 5.95 Å². The van der Waals surface area contributed by atoms with E-state index in [4.69, 9.17) is 4.74 Å². The van der Waals surface area contributed by atoms with Gasteiger partial charge in [0.05, 0.1) is 27.6 Å². The van der Waals surface area contributed by atoms with Crippen LogP contribution in [0.1, 0.15) is 24.2 Å². The quantitative estimate of drug-likeness (QED) is 0.304. The SMILES string of the molecule is CC(C)OC(=O)c1ccc(NS(=O)(=O)c2ccc3nc(Nc4ccc(N(C)C)cc4)[nH]c3c2)cc1. The van der Waals surface area contributed by atoms with Crippen LogP contribution in [0.3, 0.4) is 0 Å². The maximum atomic E-state index is 12.9. The van der Waals surface area contributed by atoms with Crippen LogP contribution >= 0.6 is 0 Å². The van der Waals surface area contributed by atoms with Crippen molar-refractivity contribution in [3.63, 3.8) is 0 Å². The summed E-state index contributed by atoms with van der Waals surface area (Å²) in [6, 6.07) is 18.6. The first-order valence-corrected chi connectivity index (χ1v) is 12.5. The van der Waals surface area contributed by atoms with Crippen molar-refractivity contribution in [2.45, 2.75) is 24.8 Å². The molecule has 10 heteroatoms. The minimum Gasteiger partial charge on any atom is -0.459 e. The number of sulfonamides is 1. The molecule has 0 amide bonds. The molecule has 182 valence electrons. The number of fused-ring (bicyclic) bond motifs is 1. The van der Waals surface area contributed by atoms with E-state index in [1.807, 2.05) is 43.3 Å². The van der Waals surface area contributed by atoms with Gasteiger partial charge in [0, 0.05) is 31.2 Å². The molecule has 0 bridgehead atoms. The molecule has 1 heterocycles. The number of nitrogens with one attached hydrogen (secondary N) is 3. The summed E-state index contributed by atoms with van der Waals surface area (Å²) in [6.07, 6.45) is -0.239. The Bertz CT molecular complexity index is 1440.